The number of aryl methyl sites for hydroxylation is 1. The molecule has 0 bridgehead atoms. The van der Waals surface area contributed by atoms with Gasteiger partial charge in [0.2, 0.25) is 0 Å². The summed E-state index contributed by atoms with van der Waals surface area (Å²) in [5.41, 5.74) is 11.9. The number of hydrogen-bond acceptors (Lipinski definition) is 4. The highest BCUT2D eigenvalue weighted by molar-refractivity contribution is 6.02. The molecule has 0 aliphatic rings. The molecule has 0 atom stereocenters. The number of amides is 1. The number of methoxy groups -OCH3 is 2. The van der Waals surface area contributed by atoms with Crippen molar-refractivity contribution < 1.29 is 14.3 Å². The summed E-state index contributed by atoms with van der Waals surface area (Å²) in [5.74, 6) is 0.223. The van der Waals surface area contributed by atoms with Gasteiger partial charge in [0.25, 0.3) is 5.91 Å². The van der Waals surface area contributed by atoms with E-state index in [0.29, 0.717) is 28.4 Å². The van der Waals surface area contributed by atoms with Crippen molar-refractivity contribution in [3.8, 4) is 17.2 Å². The molecule has 2 rings (SSSR count). The number of nitrogens with zero attached hydrogens (tertiary/aromatic N) is 3. The van der Waals surface area contributed by atoms with E-state index in [4.69, 9.17) is 20.9 Å². The van der Waals surface area contributed by atoms with Crippen LogP contribution >= 0.6 is 0 Å². The molecular weight excluding hydrogens is 286 g/mol. The van der Waals surface area contributed by atoms with Crippen LogP contribution in [0.1, 0.15) is 16.1 Å². The zero-order chi connectivity index (χ0) is 16.3. The van der Waals surface area contributed by atoms with Crippen LogP contribution in [0.15, 0.2) is 29.4 Å². The number of carbonyl (C=O) groups is 1. The van der Waals surface area contributed by atoms with Crippen LogP contribution in [0.4, 0.5) is 0 Å². The lowest BCUT2D eigenvalue weighted by Crippen LogP contribution is -2.24. The first-order chi connectivity index (χ1) is 10.5. The zero-order valence-electron chi connectivity index (χ0n) is 12.5. The Hall–Kier alpha value is -3.03. The van der Waals surface area contributed by atoms with E-state index < -0.39 is 5.91 Å². The maximum atomic E-state index is 11.9. The van der Waals surface area contributed by atoms with E-state index in [9.17, 15) is 4.79 Å². The van der Waals surface area contributed by atoms with Crippen LogP contribution in [-0.4, -0.2) is 35.9 Å². The minimum Gasteiger partial charge on any atom is -0.493 e. The zero-order valence-corrected chi connectivity index (χ0v) is 12.5. The van der Waals surface area contributed by atoms with Gasteiger partial charge in [0.1, 0.15) is 5.69 Å². The third-order valence-corrected chi connectivity index (χ3v) is 2.99. The number of rotatable bonds is 4. The van der Waals surface area contributed by atoms with Gasteiger partial charge in [0, 0.05) is 6.20 Å². The fourth-order valence-electron chi connectivity index (χ4n) is 2.02. The lowest BCUT2D eigenvalue weighted by atomic mass is 10.2. The average Bonchev–Trinajstić information content (AvgIpc) is 2.87. The minimum absolute atomic E-state index is 0.295. The van der Waals surface area contributed by atoms with Crippen LogP contribution in [0, 0.1) is 6.92 Å². The summed E-state index contributed by atoms with van der Waals surface area (Å²) in [6.07, 6.45) is 1.54. The Balaban J connectivity index is 2.52. The van der Waals surface area contributed by atoms with E-state index in [1.807, 2.05) is 0 Å². The molecule has 0 aliphatic heterocycles. The van der Waals surface area contributed by atoms with E-state index in [0.717, 1.165) is 0 Å². The number of benzene rings is 1. The smallest absolute Gasteiger partial charge is 0.283 e. The number of aliphatic imine (C=N–C) groups is 1. The second-order valence-electron chi connectivity index (χ2n) is 4.43. The van der Waals surface area contributed by atoms with Crippen molar-refractivity contribution in [3.63, 3.8) is 0 Å². The molecule has 22 heavy (non-hydrogen) atoms. The van der Waals surface area contributed by atoms with Crippen molar-refractivity contribution >= 4 is 11.9 Å². The Morgan fingerprint density at radius 2 is 2.00 bits per heavy atom. The van der Waals surface area contributed by atoms with Gasteiger partial charge >= 0.3 is 0 Å². The Bertz CT molecular complexity index is 732. The molecule has 8 nitrogen and oxygen atoms in total. The van der Waals surface area contributed by atoms with E-state index in [-0.39, 0.29) is 5.96 Å². The number of para-hydroxylation sites is 1. The van der Waals surface area contributed by atoms with Gasteiger partial charge in [-0.2, -0.15) is 10.1 Å². The van der Waals surface area contributed by atoms with Gasteiger partial charge in [-0.25, -0.2) is 4.68 Å². The lowest BCUT2D eigenvalue weighted by Gasteiger charge is -2.12. The van der Waals surface area contributed by atoms with E-state index in [2.05, 4.69) is 10.1 Å². The summed E-state index contributed by atoms with van der Waals surface area (Å²) >= 11 is 0. The maximum Gasteiger partial charge on any atom is 0.283 e. The highest BCUT2D eigenvalue weighted by Crippen LogP contribution is 2.33. The third kappa shape index (κ3) is 2.85. The predicted octanol–water partition coefficient (Wildman–Crippen LogP) is 0.612. The van der Waals surface area contributed by atoms with Gasteiger partial charge < -0.3 is 20.9 Å². The summed E-state index contributed by atoms with van der Waals surface area (Å²) < 4.78 is 12.1. The highest BCUT2D eigenvalue weighted by atomic mass is 16.5. The van der Waals surface area contributed by atoms with Crippen LogP contribution in [0.2, 0.25) is 0 Å². The van der Waals surface area contributed by atoms with Crippen molar-refractivity contribution in [2.24, 2.45) is 16.5 Å². The molecule has 0 saturated carbocycles. The largest absolute Gasteiger partial charge is 0.493 e. The maximum absolute atomic E-state index is 11.9. The van der Waals surface area contributed by atoms with Crippen LogP contribution in [0.25, 0.3) is 5.69 Å². The Morgan fingerprint density at radius 3 is 2.59 bits per heavy atom. The first-order valence-electron chi connectivity index (χ1n) is 6.39. The summed E-state index contributed by atoms with van der Waals surface area (Å²) in [4.78, 5) is 15.5. The molecule has 8 heteroatoms. The Labute approximate surface area is 127 Å². The van der Waals surface area contributed by atoms with Gasteiger partial charge in [0.15, 0.2) is 17.5 Å². The van der Waals surface area contributed by atoms with Crippen LogP contribution < -0.4 is 20.9 Å². The summed E-state index contributed by atoms with van der Waals surface area (Å²) in [5, 5.41) is 4.30. The fourth-order valence-corrected chi connectivity index (χ4v) is 2.02. The molecule has 0 fully saturated rings. The highest BCUT2D eigenvalue weighted by Gasteiger charge is 2.17. The standard InChI is InChI=1S/C14H17N5O3/c1-8-9(13(20)17-14(15)16)7-19(18-8)10-5-4-6-11(21-2)12(10)22-3/h4-7H,1-3H3,(H4,15,16,17,20). The molecule has 1 amide bonds. The second-order valence-corrected chi connectivity index (χ2v) is 4.43. The Kier molecular flexibility index (Phi) is 4.31. The van der Waals surface area contributed by atoms with Gasteiger partial charge in [-0.1, -0.05) is 6.07 Å². The third-order valence-electron chi connectivity index (χ3n) is 2.99. The molecule has 2 aromatic rings. The molecule has 1 aromatic heterocycles. The van der Waals surface area contributed by atoms with E-state index >= 15 is 0 Å². The predicted molar refractivity (Wildman–Crippen MR) is 81.5 cm³/mol. The van der Waals surface area contributed by atoms with Crippen LogP contribution in [0.3, 0.4) is 0 Å². The molecule has 0 spiro atoms. The molecule has 1 aromatic carbocycles. The molecule has 0 aliphatic carbocycles. The average molecular weight is 303 g/mol. The van der Waals surface area contributed by atoms with Gasteiger partial charge in [0.05, 0.1) is 25.5 Å². The monoisotopic (exact) mass is 303 g/mol. The van der Waals surface area contributed by atoms with Crippen LogP contribution in [-0.2, 0) is 0 Å². The molecule has 0 saturated heterocycles. The van der Waals surface area contributed by atoms with Gasteiger partial charge in [-0.05, 0) is 19.1 Å². The second kappa shape index (κ2) is 6.17. The molecular formula is C14H17N5O3. The van der Waals surface area contributed by atoms with E-state index in [1.54, 1.807) is 38.4 Å². The normalized spacial score (nSPS) is 10.1. The van der Waals surface area contributed by atoms with Crippen molar-refractivity contribution in [2.75, 3.05) is 14.2 Å². The molecule has 0 unspecified atom stereocenters. The number of guanidine groups is 1. The first kappa shape index (κ1) is 15.4. The number of ether oxygens (including phenoxy) is 2. The van der Waals surface area contributed by atoms with E-state index in [1.165, 1.54) is 11.8 Å². The van der Waals surface area contributed by atoms with Crippen molar-refractivity contribution in [1.29, 1.82) is 0 Å². The molecule has 4 N–H and O–H groups in total. The lowest BCUT2D eigenvalue weighted by molar-refractivity contribution is 0.100. The number of carbonyl (C=O) groups excluding carboxylic acids is 1. The fraction of sp³-hybridized carbons (Fsp3) is 0.214. The summed E-state index contributed by atoms with van der Waals surface area (Å²) in [7, 11) is 3.08. The van der Waals surface area contributed by atoms with Gasteiger partial charge in [-0.3, -0.25) is 4.79 Å². The summed E-state index contributed by atoms with van der Waals surface area (Å²) in [6, 6.07) is 5.36. The topological polar surface area (TPSA) is 118 Å². The number of aromatic nitrogens is 2. The van der Waals surface area contributed by atoms with Gasteiger partial charge in [-0.15, -0.1) is 0 Å². The molecule has 1 heterocycles. The van der Waals surface area contributed by atoms with Crippen molar-refractivity contribution in [1.82, 2.24) is 9.78 Å². The Morgan fingerprint density at radius 1 is 1.27 bits per heavy atom. The van der Waals surface area contributed by atoms with Crippen molar-refractivity contribution in [2.45, 2.75) is 6.92 Å². The quantitative estimate of drug-likeness (QED) is 0.631. The van der Waals surface area contributed by atoms with Crippen molar-refractivity contribution in [3.05, 3.63) is 35.7 Å². The molecule has 0 radical (unpaired) electrons. The van der Waals surface area contributed by atoms with Crippen LogP contribution in [0.5, 0.6) is 11.5 Å². The summed E-state index contributed by atoms with van der Waals surface area (Å²) in [6.45, 7) is 1.69. The SMILES string of the molecule is COc1cccc(-n2cc(C(=O)N=C(N)N)c(C)n2)c1OC. The first-order valence-corrected chi connectivity index (χ1v) is 6.39. The molecule has 116 valence electrons. The minimum atomic E-state index is -0.550. The number of hydrogen-bond donors (Lipinski definition) is 2. The number of nitrogens with two attached hydrogens (primary N) is 2.